The molecule has 0 saturated heterocycles. The normalized spacial score (nSPS) is 10.6. The van der Waals surface area contributed by atoms with Gasteiger partial charge in [-0.05, 0) is 31.4 Å². The number of rotatable bonds is 8. The van der Waals surface area contributed by atoms with Crippen LogP contribution in [0.3, 0.4) is 0 Å². The molecule has 0 radical (unpaired) electrons. The van der Waals surface area contributed by atoms with Gasteiger partial charge in [0, 0.05) is 10.6 Å². The van der Waals surface area contributed by atoms with Gasteiger partial charge < -0.3 is 4.74 Å². The number of hydrogen-bond donors (Lipinski definition) is 0. The molecule has 0 N–H and O–H groups in total. The maximum Gasteiger partial charge on any atom is 0.308 e. The first-order valence-corrected chi connectivity index (χ1v) is 7.61. The van der Waals surface area contributed by atoms with Gasteiger partial charge >= 0.3 is 5.97 Å². The van der Waals surface area contributed by atoms with Crippen molar-refractivity contribution in [3.05, 3.63) is 30.3 Å². The molecular formula is C15H22O2S. The van der Waals surface area contributed by atoms with Crippen LogP contribution in [-0.4, -0.2) is 18.3 Å². The van der Waals surface area contributed by atoms with Crippen molar-refractivity contribution in [1.82, 2.24) is 0 Å². The minimum Gasteiger partial charge on any atom is -0.465 e. The average molecular weight is 266 g/mol. The van der Waals surface area contributed by atoms with E-state index in [9.17, 15) is 4.79 Å². The second-order valence-corrected chi connectivity index (χ2v) is 5.36. The summed E-state index contributed by atoms with van der Waals surface area (Å²) in [6.07, 6.45) is 2.65. The summed E-state index contributed by atoms with van der Waals surface area (Å²) >= 11 is 1.80. The van der Waals surface area contributed by atoms with Crippen molar-refractivity contribution in [1.29, 1.82) is 0 Å². The summed E-state index contributed by atoms with van der Waals surface area (Å²) in [5, 5.41) is 0. The molecule has 0 fully saturated rings. The predicted molar refractivity (Wildman–Crippen MR) is 76.8 cm³/mol. The molecule has 0 aliphatic carbocycles. The van der Waals surface area contributed by atoms with Crippen molar-refractivity contribution in [3.8, 4) is 0 Å². The summed E-state index contributed by atoms with van der Waals surface area (Å²) in [4.78, 5) is 12.9. The van der Waals surface area contributed by atoms with Crippen LogP contribution in [0.2, 0.25) is 0 Å². The van der Waals surface area contributed by atoms with E-state index in [0.29, 0.717) is 6.61 Å². The molecule has 0 unspecified atom stereocenters. The van der Waals surface area contributed by atoms with E-state index in [0.717, 1.165) is 25.0 Å². The molecule has 1 aromatic rings. The van der Waals surface area contributed by atoms with Gasteiger partial charge in [-0.1, -0.05) is 32.0 Å². The summed E-state index contributed by atoms with van der Waals surface area (Å²) < 4.78 is 5.27. The molecule has 1 rings (SSSR count). The van der Waals surface area contributed by atoms with Crippen LogP contribution in [-0.2, 0) is 9.53 Å². The molecule has 100 valence electrons. The van der Waals surface area contributed by atoms with Crippen LogP contribution in [0.25, 0.3) is 0 Å². The fourth-order valence-electron chi connectivity index (χ4n) is 1.68. The lowest BCUT2D eigenvalue weighted by Gasteiger charge is -2.11. The molecule has 0 bridgehead atoms. The van der Waals surface area contributed by atoms with E-state index in [-0.39, 0.29) is 11.9 Å². The topological polar surface area (TPSA) is 26.3 Å². The number of carbonyl (C=O) groups is 1. The quantitative estimate of drug-likeness (QED) is 0.402. The van der Waals surface area contributed by atoms with Gasteiger partial charge in [-0.25, -0.2) is 0 Å². The van der Waals surface area contributed by atoms with Gasteiger partial charge in [0.05, 0.1) is 12.5 Å². The minimum atomic E-state index is -0.0373. The zero-order valence-electron chi connectivity index (χ0n) is 11.2. The molecule has 18 heavy (non-hydrogen) atoms. The summed E-state index contributed by atoms with van der Waals surface area (Å²) in [5.41, 5.74) is 0. The Morgan fingerprint density at radius 3 is 2.50 bits per heavy atom. The lowest BCUT2D eigenvalue weighted by molar-refractivity contribution is -0.148. The van der Waals surface area contributed by atoms with E-state index in [1.54, 1.807) is 11.8 Å². The van der Waals surface area contributed by atoms with E-state index >= 15 is 0 Å². The van der Waals surface area contributed by atoms with Crippen LogP contribution in [0.5, 0.6) is 0 Å². The van der Waals surface area contributed by atoms with E-state index in [1.807, 2.05) is 32.0 Å². The Morgan fingerprint density at radius 2 is 1.89 bits per heavy atom. The van der Waals surface area contributed by atoms with Gasteiger partial charge in [-0.2, -0.15) is 0 Å². The fraction of sp³-hybridized carbons (Fsp3) is 0.533. The van der Waals surface area contributed by atoms with Gasteiger partial charge in [-0.3, -0.25) is 4.79 Å². The van der Waals surface area contributed by atoms with Crippen LogP contribution in [0.1, 0.15) is 33.1 Å². The standard InChI is InChI=1S/C15H22O2S/c1-3-13(4-2)15(16)17-11-8-12-18-14-9-6-5-7-10-14/h5-7,9-10,13H,3-4,8,11-12H2,1-2H3. The Hall–Kier alpha value is -0.960. The van der Waals surface area contributed by atoms with E-state index < -0.39 is 0 Å². The Kier molecular flexibility index (Phi) is 7.58. The van der Waals surface area contributed by atoms with E-state index in [2.05, 4.69) is 12.1 Å². The number of carbonyl (C=O) groups excluding carboxylic acids is 1. The predicted octanol–water partition coefficient (Wildman–Crippen LogP) is 4.15. The summed E-state index contributed by atoms with van der Waals surface area (Å²) in [6, 6.07) is 10.3. The van der Waals surface area contributed by atoms with Gasteiger partial charge in [-0.15, -0.1) is 11.8 Å². The number of hydrogen-bond acceptors (Lipinski definition) is 3. The van der Waals surface area contributed by atoms with Crippen LogP contribution < -0.4 is 0 Å². The second kappa shape index (κ2) is 9.03. The highest BCUT2D eigenvalue weighted by Gasteiger charge is 2.14. The zero-order valence-corrected chi connectivity index (χ0v) is 12.0. The molecule has 0 spiro atoms. The van der Waals surface area contributed by atoms with E-state index in [4.69, 9.17) is 4.74 Å². The van der Waals surface area contributed by atoms with Crippen LogP contribution in [0, 0.1) is 5.92 Å². The lowest BCUT2D eigenvalue weighted by Crippen LogP contribution is -2.17. The van der Waals surface area contributed by atoms with Gasteiger partial charge in [0.1, 0.15) is 0 Å². The SMILES string of the molecule is CCC(CC)C(=O)OCCCSc1ccccc1. The molecule has 1 aromatic carbocycles. The number of benzene rings is 1. The molecule has 0 saturated carbocycles. The van der Waals surface area contributed by atoms with Crippen molar-refractivity contribution in [2.45, 2.75) is 38.0 Å². The molecule has 2 nitrogen and oxygen atoms in total. The Labute approximate surface area is 114 Å². The van der Waals surface area contributed by atoms with Crippen LogP contribution in [0.4, 0.5) is 0 Å². The largest absolute Gasteiger partial charge is 0.465 e. The lowest BCUT2D eigenvalue weighted by atomic mass is 10.0. The highest BCUT2D eigenvalue weighted by atomic mass is 32.2. The highest BCUT2D eigenvalue weighted by molar-refractivity contribution is 7.99. The summed E-state index contributed by atoms with van der Waals surface area (Å²) in [6.45, 7) is 4.59. The molecule has 3 heteroatoms. The maximum atomic E-state index is 11.6. The van der Waals surface area contributed by atoms with Crippen molar-refractivity contribution < 1.29 is 9.53 Å². The average Bonchev–Trinajstić information content (AvgIpc) is 2.41. The molecule has 0 heterocycles. The molecule has 0 atom stereocenters. The molecule has 0 aromatic heterocycles. The third-order valence-corrected chi connectivity index (χ3v) is 3.96. The third-order valence-electron chi connectivity index (χ3n) is 2.86. The Bertz CT molecular complexity index is 334. The van der Waals surface area contributed by atoms with E-state index in [1.165, 1.54) is 4.90 Å². The van der Waals surface area contributed by atoms with Crippen molar-refractivity contribution in [2.24, 2.45) is 5.92 Å². The van der Waals surface area contributed by atoms with Gasteiger partial charge in [0.15, 0.2) is 0 Å². The first kappa shape index (κ1) is 15.1. The van der Waals surface area contributed by atoms with Crippen LogP contribution >= 0.6 is 11.8 Å². The number of ether oxygens (including phenoxy) is 1. The molecule has 0 aliphatic rings. The number of esters is 1. The minimum absolute atomic E-state index is 0.0373. The molecular weight excluding hydrogens is 244 g/mol. The fourth-order valence-corrected chi connectivity index (χ4v) is 2.53. The Morgan fingerprint density at radius 1 is 1.22 bits per heavy atom. The summed E-state index contributed by atoms with van der Waals surface area (Å²) in [7, 11) is 0. The first-order valence-electron chi connectivity index (χ1n) is 6.62. The van der Waals surface area contributed by atoms with Gasteiger partial charge in [0.25, 0.3) is 0 Å². The van der Waals surface area contributed by atoms with Crippen molar-refractivity contribution in [2.75, 3.05) is 12.4 Å². The maximum absolute atomic E-state index is 11.6. The molecule has 0 aliphatic heterocycles. The molecule has 0 amide bonds. The number of thioether (sulfide) groups is 1. The monoisotopic (exact) mass is 266 g/mol. The van der Waals surface area contributed by atoms with Gasteiger partial charge in [0.2, 0.25) is 0 Å². The second-order valence-electron chi connectivity index (χ2n) is 4.20. The third kappa shape index (κ3) is 5.58. The van der Waals surface area contributed by atoms with Crippen molar-refractivity contribution in [3.63, 3.8) is 0 Å². The zero-order chi connectivity index (χ0) is 13.2. The Balaban J connectivity index is 2.10. The smallest absolute Gasteiger partial charge is 0.308 e. The van der Waals surface area contributed by atoms with Crippen LogP contribution in [0.15, 0.2) is 35.2 Å². The highest BCUT2D eigenvalue weighted by Crippen LogP contribution is 2.17. The summed E-state index contributed by atoms with van der Waals surface area (Å²) in [5.74, 6) is 1.02. The van der Waals surface area contributed by atoms with Crippen molar-refractivity contribution >= 4 is 17.7 Å². The first-order chi connectivity index (χ1) is 8.77.